The molecule has 3 aromatic carbocycles. The highest BCUT2D eigenvalue weighted by atomic mass is 32.2. The van der Waals surface area contributed by atoms with Gasteiger partial charge in [-0.05, 0) is 42.7 Å². The summed E-state index contributed by atoms with van der Waals surface area (Å²) >= 11 is 1.28. The number of rotatable bonds is 7. The van der Waals surface area contributed by atoms with Crippen molar-refractivity contribution in [2.24, 2.45) is 0 Å². The molecule has 0 saturated heterocycles. The first-order chi connectivity index (χ1) is 16.1. The number of carbonyl (C=O) groups is 1. The molecule has 0 bridgehead atoms. The summed E-state index contributed by atoms with van der Waals surface area (Å²) in [5.41, 5.74) is 1.90. The smallest absolute Gasteiger partial charge is 0.266 e. The third kappa shape index (κ3) is 4.50. The Morgan fingerprint density at radius 1 is 1.06 bits per heavy atom. The van der Waals surface area contributed by atoms with Gasteiger partial charge in [0, 0.05) is 12.1 Å². The highest BCUT2D eigenvalue weighted by Gasteiger charge is 2.30. The summed E-state index contributed by atoms with van der Waals surface area (Å²) in [6, 6.07) is 24.4. The first kappa shape index (κ1) is 21.3. The van der Waals surface area contributed by atoms with Crippen LogP contribution in [0.5, 0.6) is 5.75 Å². The van der Waals surface area contributed by atoms with Gasteiger partial charge >= 0.3 is 0 Å². The van der Waals surface area contributed by atoms with Crippen molar-refractivity contribution < 1.29 is 9.53 Å². The Morgan fingerprint density at radius 2 is 1.82 bits per heavy atom. The maximum Gasteiger partial charge on any atom is 0.266 e. The fraction of sp³-hybridized carbons (Fsp3) is 0.192. The number of para-hydroxylation sites is 1. The van der Waals surface area contributed by atoms with E-state index in [9.17, 15) is 9.59 Å². The van der Waals surface area contributed by atoms with Crippen LogP contribution in [0.1, 0.15) is 23.7 Å². The number of benzene rings is 3. The summed E-state index contributed by atoms with van der Waals surface area (Å²) in [5, 5.41) is 3.53. The van der Waals surface area contributed by atoms with Crippen LogP contribution >= 0.6 is 11.8 Å². The summed E-state index contributed by atoms with van der Waals surface area (Å²) in [5.74, 6) is 0.558. The average molecular weight is 458 g/mol. The minimum Gasteiger partial charge on any atom is -0.497 e. The third-order valence-electron chi connectivity index (χ3n) is 5.54. The van der Waals surface area contributed by atoms with Crippen LogP contribution < -0.4 is 15.6 Å². The van der Waals surface area contributed by atoms with Gasteiger partial charge < -0.3 is 10.1 Å². The molecule has 7 heteroatoms. The zero-order chi connectivity index (χ0) is 22.8. The van der Waals surface area contributed by atoms with E-state index in [2.05, 4.69) is 5.32 Å². The van der Waals surface area contributed by atoms with E-state index in [1.54, 1.807) is 23.8 Å². The first-order valence-corrected chi connectivity index (χ1v) is 11.7. The molecule has 1 amide bonds. The normalized spacial score (nSPS) is 14.1. The number of nitrogens with one attached hydrogen (secondary N) is 1. The van der Waals surface area contributed by atoms with Crippen molar-refractivity contribution in [3.8, 4) is 11.4 Å². The van der Waals surface area contributed by atoms with Crippen LogP contribution in [0.25, 0.3) is 16.6 Å². The second-order valence-corrected chi connectivity index (χ2v) is 9.02. The molecule has 1 aromatic heterocycles. The van der Waals surface area contributed by atoms with Gasteiger partial charge in [-0.1, -0.05) is 60.3 Å². The number of fused-ring (bicyclic) bond motifs is 1. The van der Waals surface area contributed by atoms with Crippen LogP contribution in [-0.4, -0.2) is 28.6 Å². The highest BCUT2D eigenvalue weighted by Crippen LogP contribution is 2.36. The number of amides is 1. The molecule has 0 spiro atoms. The molecule has 1 aliphatic carbocycles. The Hall–Kier alpha value is -3.58. The number of aromatic nitrogens is 2. The Morgan fingerprint density at radius 3 is 2.58 bits per heavy atom. The van der Waals surface area contributed by atoms with E-state index >= 15 is 0 Å². The maximum atomic E-state index is 13.6. The molecule has 1 saturated carbocycles. The molecular weight excluding hydrogens is 434 g/mol. The van der Waals surface area contributed by atoms with Crippen molar-refractivity contribution in [3.05, 3.63) is 94.8 Å². The van der Waals surface area contributed by atoms with E-state index in [-0.39, 0.29) is 17.5 Å². The molecule has 33 heavy (non-hydrogen) atoms. The van der Waals surface area contributed by atoms with Gasteiger partial charge in [0.25, 0.3) is 5.56 Å². The predicted molar refractivity (Wildman–Crippen MR) is 130 cm³/mol. The van der Waals surface area contributed by atoms with E-state index < -0.39 is 5.25 Å². The Labute approximate surface area is 195 Å². The van der Waals surface area contributed by atoms with E-state index in [1.165, 1.54) is 11.8 Å². The lowest BCUT2D eigenvalue weighted by Gasteiger charge is -2.19. The van der Waals surface area contributed by atoms with Crippen LogP contribution in [0.3, 0.4) is 0 Å². The monoisotopic (exact) mass is 457 g/mol. The molecule has 1 atom stereocenters. The van der Waals surface area contributed by atoms with Crippen molar-refractivity contribution in [1.82, 2.24) is 14.9 Å². The van der Waals surface area contributed by atoms with Gasteiger partial charge in [0.15, 0.2) is 5.16 Å². The molecule has 1 heterocycles. The first-order valence-electron chi connectivity index (χ1n) is 10.8. The van der Waals surface area contributed by atoms with E-state index in [4.69, 9.17) is 9.72 Å². The lowest BCUT2D eigenvalue weighted by molar-refractivity contribution is -0.120. The Kier molecular flexibility index (Phi) is 5.88. The molecule has 0 unspecified atom stereocenters. The lowest BCUT2D eigenvalue weighted by atomic mass is 10.1. The number of hydrogen-bond donors (Lipinski definition) is 1. The summed E-state index contributed by atoms with van der Waals surface area (Å²) < 4.78 is 6.94. The Bertz CT molecular complexity index is 1370. The van der Waals surface area contributed by atoms with Crippen LogP contribution in [0.4, 0.5) is 0 Å². The van der Waals surface area contributed by atoms with Crippen molar-refractivity contribution >= 4 is 28.6 Å². The topological polar surface area (TPSA) is 73.2 Å². The number of carbonyl (C=O) groups excluding carboxylic acids is 1. The number of nitrogens with zero attached hydrogens (tertiary/aromatic N) is 2. The standard InChI is InChI=1S/C26H23N3O3S/c1-32-20-11-7-10-19(16-20)29-25(31)21-12-5-6-13-22(21)28-26(29)33-23(17-8-3-2-4-9-17)24(30)27-18-14-15-18/h2-13,16,18,23H,14-15H2,1H3,(H,27,30)/t23-/m1/s1. The number of thioether (sulfide) groups is 1. The minimum atomic E-state index is -0.545. The number of methoxy groups -OCH3 is 1. The minimum absolute atomic E-state index is 0.0756. The molecule has 5 rings (SSSR count). The van der Waals surface area contributed by atoms with Crippen molar-refractivity contribution in [2.45, 2.75) is 29.3 Å². The summed E-state index contributed by atoms with van der Waals surface area (Å²) in [6.07, 6.45) is 2.00. The van der Waals surface area contributed by atoms with Crippen LogP contribution in [0.2, 0.25) is 0 Å². The van der Waals surface area contributed by atoms with Gasteiger partial charge in [0.2, 0.25) is 5.91 Å². The van der Waals surface area contributed by atoms with Crippen molar-refractivity contribution in [2.75, 3.05) is 7.11 Å². The van der Waals surface area contributed by atoms with Gasteiger partial charge in [-0.25, -0.2) is 4.98 Å². The average Bonchev–Trinajstić information content (AvgIpc) is 3.67. The second-order valence-electron chi connectivity index (χ2n) is 7.95. The van der Waals surface area contributed by atoms with Gasteiger partial charge in [-0.15, -0.1) is 0 Å². The van der Waals surface area contributed by atoms with Crippen molar-refractivity contribution in [1.29, 1.82) is 0 Å². The lowest BCUT2D eigenvalue weighted by Crippen LogP contribution is -2.30. The fourth-order valence-corrected chi connectivity index (χ4v) is 4.80. The van der Waals surface area contributed by atoms with Gasteiger partial charge in [0.1, 0.15) is 11.0 Å². The molecule has 1 aliphatic rings. The second kappa shape index (κ2) is 9.11. The maximum absolute atomic E-state index is 13.6. The van der Waals surface area contributed by atoms with Crippen LogP contribution in [-0.2, 0) is 4.79 Å². The zero-order valence-corrected chi connectivity index (χ0v) is 18.9. The molecule has 166 valence electrons. The molecule has 4 aromatic rings. The van der Waals surface area contributed by atoms with Gasteiger partial charge in [-0.2, -0.15) is 0 Å². The summed E-state index contributed by atoms with van der Waals surface area (Å²) in [6.45, 7) is 0. The molecule has 1 fully saturated rings. The molecular formula is C26H23N3O3S. The van der Waals surface area contributed by atoms with E-state index in [1.807, 2.05) is 66.7 Å². The van der Waals surface area contributed by atoms with E-state index in [0.717, 1.165) is 18.4 Å². The number of hydrogen-bond acceptors (Lipinski definition) is 5. The highest BCUT2D eigenvalue weighted by molar-refractivity contribution is 8.00. The third-order valence-corrected chi connectivity index (χ3v) is 6.75. The summed E-state index contributed by atoms with van der Waals surface area (Å²) in [7, 11) is 1.59. The van der Waals surface area contributed by atoms with Gasteiger partial charge in [-0.3, -0.25) is 14.2 Å². The zero-order valence-electron chi connectivity index (χ0n) is 18.1. The van der Waals surface area contributed by atoms with Crippen molar-refractivity contribution in [3.63, 3.8) is 0 Å². The quantitative estimate of drug-likeness (QED) is 0.327. The Balaban J connectivity index is 1.66. The summed E-state index contributed by atoms with van der Waals surface area (Å²) in [4.78, 5) is 31.6. The molecule has 6 nitrogen and oxygen atoms in total. The van der Waals surface area contributed by atoms with E-state index in [0.29, 0.717) is 27.5 Å². The van der Waals surface area contributed by atoms with Gasteiger partial charge in [0.05, 0.1) is 23.7 Å². The largest absolute Gasteiger partial charge is 0.497 e. The van der Waals surface area contributed by atoms with Crippen LogP contribution in [0.15, 0.2) is 88.8 Å². The SMILES string of the molecule is COc1cccc(-n2c(S[C@@H](C(=O)NC3CC3)c3ccccc3)nc3ccccc3c2=O)c1. The number of ether oxygens (including phenoxy) is 1. The predicted octanol–water partition coefficient (Wildman–Crippen LogP) is 4.51. The molecule has 0 radical (unpaired) electrons. The molecule has 1 N–H and O–H groups in total. The molecule has 0 aliphatic heterocycles. The van der Waals surface area contributed by atoms with Crippen LogP contribution in [0, 0.1) is 0 Å². The fourth-order valence-electron chi connectivity index (χ4n) is 3.68.